The largest absolute Gasteiger partial charge is 0.478 e. The zero-order chi connectivity index (χ0) is 18.6. The van der Waals surface area contributed by atoms with Gasteiger partial charge < -0.3 is 9.67 Å². The molecule has 0 aliphatic rings. The summed E-state index contributed by atoms with van der Waals surface area (Å²) in [7, 11) is 0. The van der Waals surface area contributed by atoms with Crippen molar-refractivity contribution in [2.75, 3.05) is 0 Å². The summed E-state index contributed by atoms with van der Waals surface area (Å²) in [6.07, 6.45) is 3.60. The van der Waals surface area contributed by atoms with Crippen molar-refractivity contribution in [3.63, 3.8) is 0 Å². The summed E-state index contributed by atoms with van der Waals surface area (Å²) in [5.41, 5.74) is 4.48. The third-order valence-electron chi connectivity index (χ3n) is 4.27. The van der Waals surface area contributed by atoms with Gasteiger partial charge in [0.15, 0.2) is 5.16 Å². The van der Waals surface area contributed by atoms with Crippen LogP contribution in [-0.4, -0.2) is 25.6 Å². The Kier molecular flexibility index (Phi) is 4.89. The van der Waals surface area contributed by atoms with Gasteiger partial charge in [0.2, 0.25) is 0 Å². The second-order valence-electron chi connectivity index (χ2n) is 6.12. The van der Waals surface area contributed by atoms with Crippen LogP contribution in [0.1, 0.15) is 21.5 Å². The van der Waals surface area contributed by atoms with E-state index in [2.05, 4.69) is 21.7 Å². The summed E-state index contributed by atoms with van der Waals surface area (Å²) < 4.78 is 2.17. The smallest absolute Gasteiger partial charge is 0.335 e. The van der Waals surface area contributed by atoms with Crippen molar-refractivity contribution in [2.24, 2.45) is 0 Å². The molecule has 5 nitrogen and oxygen atoms in total. The van der Waals surface area contributed by atoms with Gasteiger partial charge in [-0.3, -0.25) is 4.98 Å². The molecule has 0 atom stereocenters. The van der Waals surface area contributed by atoms with E-state index < -0.39 is 5.97 Å². The Morgan fingerprint density at radius 3 is 2.52 bits per heavy atom. The minimum Gasteiger partial charge on any atom is -0.478 e. The maximum absolute atomic E-state index is 11.0. The van der Waals surface area contributed by atoms with Gasteiger partial charge in [0.1, 0.15) is 0 Å². The Morgan fingerprint density at radius 2 is 1.78 bits per heavy atom. The number of benzene rings is 2. The van der Waals surface area contributed by atoms with Crippen LogP contribution in [0.2, 0.25) is 0 Å². The van der Waals surface area contributed by atoms with Gasteiger partial charge in [-0.15, -0.1) is 0 Å². The lowest BCUT2D eigenvalue weighted by atomic mass is 10.1. The molecule has 4 rings (SSSR count). The van der Waals surface area contributed by atoms with Crippen LogP contribution >= 0.6 is 11.8 Å². The number of rotatable bonds is 6. The molecule has 0 saturated carbocycles. The van der Waals surface area contributed by atoms with E-state index in [4.69, 9.17) is 10.1 Å². The lowest BCUT2D eigenvalue weighted by molar-refractivity contribution is 0.0697. The molecular weight excluding hydrogens is 358 g/mol. The van der Waals surface area contributed by atoms with Crippen molar-refractivity contribution in [3.8, 4) is 0 Å². The summed E-state index contributed by atoms with van der Waals surface area (Å²) >= 11 is 1.64. The topological polar surface area (TPSA) is 68.0 Å². The average Bonchev–Trinajstić information content (AvgIpc) is 3.05. The van der Waals surface area contributed by atoms with Crippen LogP contribution < -0.4 is 0 Å². The van der Waals surface area contributed by atoms with Gasteiger partial charge in [-0.05, 0) is 29.3 Å². The minimum atomic E-state index is -0.911. The maximum Gasteiger partial charge on any atom is 0.335 e. The summed E-state index contributed by atoms with van der Waals surface area (Å²) in [6, 6.07) is 19.2. The molecule has 0 radical (unpaired) electrons. The van der Waals surface area contributed by atoms with E-state index in [-0.39, 0.29) is 0 Å². The number of thioether (sulfide) groups is 1. The summed E-state index contributed by atoms with van der Waals surface area (Å²) in [5, 5.41) is 9.94. The monoisotopic (exact) mass is 375 g/mol. The Bertz CT molecular complexity index is 1080. The maximum atomic E-state index is 11.0. The normalized spacial score (nSPS) is 11.0. The van der Waals surface area contributed by atoms with Crippen molar-refractivity contribution in [1.82, 2.24) is 14.5 Å². The summed E-state index contributed by atoms with van der Waals surface area (Å²) in [4.78, 5) is 20.0. The molecule has 0 aliphatic heterocycles. The highest BCUT2D eigenvalue weighted by atomic mass is 32.2. The number of fused-ring (bicyclic) bond motifs is 1. The first-order valence-electron chi connectivity index (χ1n) is 8.50. The molecule has 0 fully saturated rings. The number of aromatic nitrogens is 3. The van der Waals surface area contributed by atoms with Crippen molar-refractivity contribution in [2.45, 2.75) is 17.5 Å². The second-order valence-corrected chi connectivity index (χ2v) is 7.06. The van der Waals surface area contributed by atoms with Crippen molar-refractivity contribution in [3.05, 3.63) is 89.7 Å². The van der Waals surface area contributed by atoms with Crippen molar-refractivity contribution >= 4 is 28.8 Å². The van der Waals surface area contributed by atoms with Crippen molar-refractivity contribution < 1.29 is 9.90 Å². The van der Waals surface area contributed by atoms with E-state index in [1.165, 1.54) is 5.56 Å². The fourth-order valence-electron chi connectivity index (χ4n) is 2.87. The number of hydrogen-bond donors (Lipinski definition) is 1. The molecule has 134 valence electrons. The fourth-order valence-corrected chi connectivity index (χ4v) is 3.84. The molecule has 2 heterocycles. The number of carboxylic acid groups (broad SMARTS) is 1. The number of hydrogen-bond acceptors (Lipinski definition) is 4. The van der Waals surface area contributed by atoms with E-state index in [0.717, 1.165) is 28.3 Å². The molecule has 2 aromatic heterocycles. The zero-order valence-corrected chi connectivity index (χ0v) is 15.3. The van der Waals surface area contributed by atoms with E-state index in [1.807, 2.05) is 42.6 Å². The van der Waals surface area contributed by atoms with Gasteiger partial charge >= 0.3 is 5.97 Å². The Balaban J connectivity index is 1.60. The highest BCUT2D eigenvalue weighted by Gasteiger charge is 2.12. The van der Waals surface area contributed by atoms with E-state index in [9.17, 15) is 4.79 Å². The first kappa shape index (κ1) is 17.3. The Morgan fingerprint density at radius 1 is 1.00 bits per heavy atom. The Hall–Kier alpha value is -3.12. The average molecular weight is 375 g/mol. The van der Waals surface area contributed by atoms with Crippen LogP contribution in [-0.2, 0) is 12.3 Å². The molecule has 0 saturated heterocycles. The van der Waals surface area contributed by atoms with Crippen LogP contribution in [0.15, 0.2) is 78.2 Å². The lowest BCUT2D eigenvalue weighted by Crippen LogP contribution is -2.02. The van der Waals surface area contributed by atoms with Gasteiger partial charge in [0.05, 0.1) is 29.3 Å². The lowest BCUT2D eigenvalue weighted by Gasteiger charge is -2.09. The number of pyridine rings is 1. The molecular formula is C21H17N3O2S. The van der Waals surface area contributed by atoms with Crippen LogP contribution in [0, 0.1) is 0 Å². The number of aromatic carboxylic acids is 1. The first-order chi connectivity index (χ1) is 13.2. The van der Waals surface area contributed by atoms with E-state index >= 15 is 0 Å². The van der Waals surface area contributed by atoms with Crippen LogP contribution in [0.25, 0.3) is 11.0 Å². The molecule has 27 heavy (non-hydrogen) atoms. The number of nitrogens with zero attached hydrogens (tertiary/aromatic N) is 3. The number of imidazole rings is 1. The molecule has 6 heteroatoms. The SMILES string of the molecule is O=C(O)c1ccc(CSc2nc3ccncc3n2Cc2ccccc2)cc1. The van der Waals surface area contributed by atoms with Crippen LogP contribution in [0.4, 0.5) is 0 Å². The highest BCUT2D eigenvalue weighted by Crippen LogP contribution is 2.27. The number of carbonyl (C=O) groups is 1. The second kappa shape index (κ2) is 7.63. The predicted molar refractivity (Wildman–Crippen MR) is 106 cm³/mol. The molecule has 0 spiro atoms. The highest BCUT2D eigenvalue weighted by molar-refractivity contribution is 7.98. The number of carboxylic acids is 1. The predicted octanol–water partition coefficient (Wildman–Crippen LogP) is 4.47. The third-order valence-corrected chi connectivity index (χ3v) is 5.32. The van der Waals surface area contributed by atoms with Gasteiger partial charge in [0.25, 0.3) is 0 Å². The van der Waals surface area contributed by atoms with E-state index in [0.29, 0.717) is 11.3 Å². The molecule has 2 aromatic carbocycles. The molecule has 1 N–H and O–H groups in total. The van der Waals surface area contributed by atoms with Crippen LogP contribution in [0.3, 0.4) is 0 Å². The van der Waals surface area contributed by atoms with Crippen LogP contribution in [0.5, 0.6) is 0 Å². The van der Waals surface area contributed by atoms with E-state index in [1.54, 1.807) is 30.1 Å². The molecule has 0 amide bonds. The summed E-state index contributed by atoms with van der Waals surface area (Å²) in [5.74, 6) is -0.197. The minimum absolute atomic E-state index is 0.297. The standard InChI is InChI=1S/C21H17N3O2S/c25-20(26)17-8-6-16(7-9-17)14-27-21-23-18-10-11-22-12-19(18)24(21)13-15-4-2-1-3-5-15/h1-12H,13-14H2,(H,25,26). The quantitative estimate of drug-likeness (QED) is 0.504. The third kappa shape index (κ3) is 3.85. The molecule has 0 aliphatic carbocycles. The molecule has 0 unspecified atom stereocenters. The Labute approximate surface area is 160 Å². The van der Waals surface area contributed by atoms with Gasteiger partial charge in [-0.25, -0.2) is 9.78 Å². The molecule has 0 bridgehead atoms. The van der Waals surface area contributed by atoms with Gasteiger partial charge in [-0.2, -0.15) is 0 Å². The van der Waals surface area contributed by atoms with Crippen molar-refractivity contribution in [1.29, 1.82) is 0 Å². The zero-order valence-electron chi connectivity index (χ0n) is 14.4. The van der Waals surface area contributed by atoms with Gasteiger partial charge in [-0.1, -0.05) is 54.2 Å². The summed E-state index contributed by atoms with van der Waals surface area (Å²) in [6.45, 7) is 0.726. The first-order valence-corrected chi connectivity index (χ1v) is 9.48. The molecule has 4 aromatic rings. The fraction of sp³-hybridized carbons (Fsp3) is 0.0952. The van der Waals surface area contributed by atoms with Gasteiger partial charge in [0, 0.05) is 11.9 Å².